The number of benzene rings is 2. The van der Waals surface area contributed by atoms with E-state index in [4.69, 9.17) is 27.9 Å². The van der Waals surface area contributed by atoms with Gasteiger partial charge in [0.25, 0.3) is 5.91 Å². The standard InChI is InChI=1S/C20H16Cl2N2O2S2/c1-9(2)20-24-12-6-4-10(8-14(12)27-20)23-19(25)18-15(21)11-5-7-13(26-3)16(22)17(11)28-18/h4-9H,1-3H3,(H,23,25). The summed E-state index contributed by atoms with van der Waals surface area (Å²) in [5.74, 6) is 0.652. The second kappa shape index (κ2) is 7.52. The maximum absolute atomic E-state index is 12.8. The van der Waals surface area contributed by atoms with E-state index in [1.54, 1.807) is 24.5 Å². The van der Waals surface area contributed by atoms with Gasteiger partial charge in [-0.05, 0) is 30.3 Å². The number of thiazole rings is 1. The van der Waals surface area contributed by atoms with E-state index in [-0.39, 0.29) is 5.91 Å². The van der Waals surface area contributed by atoms with Gasteiger partial charge in [0.1, 0.15) is 15.6 Å². The number of aromatic nitrogens is 1. The van der Waals surface area contributed by atoms with Crippen LogP contribution in [0.2, 0.25) is 10.0 Å². The summed E-state index contributed by atoms with van der Waals surface area (Å²) in [5, 5.41) is 5.60. The zero-order valence-corrected chi connectivity index (χ0v) is 18.4. The molecular formula is C20H16Cl2N2O2S2. The van der Waals surface area contributed by atoms with Gasteiger partial charge in [-0.2, -0.15) is 0 Å². The Balaban J connectivity index is 1.67. The summed E-state index contributed by atoms with van der Waals surface area (Å²) in [5.41, 5.74) is 1.64. The minimum absolute atomic E-state index is 0.269. The molecule has 1 N–H and O–H groups in total. The van der Waals surface area contributed by atoms with Gasteiger partial charge in [0.2, 0.25) is 0 Å². The highest BCUT2D eigenvalue weighted by Crippen LogP contribution is 2.43. The highest BCUT2D eigenvalue weighted by Gasteiger charge is 2.20. The van der Waals surface area contributed by atoms with E-state index in [1.165, 1.54) is 11.3 Å². The van der Waals surface area contributed by atoms with Gasteiger partial charge in [-0.15, -0.1) is 22.7 Å². The minimum atomic E-state index is -0.269. The second-order valence-electron chi connectivity index (χ2n) is 6.55. The predicted octanol–water partition coefficient (Wildman–Crippen LogP) is 7.20. The Hall–Kier alpha value is -1.86. The molecule has 0 radical (unpaired) electrons. The lowest BCUT2D eigenvalue weighted by atomic mass is 10.2. The minimum Gasteiger partial charge on any atom is -0.495 e. The summed E-state index contributed by atoms with van der Waals surface area (Å²) in [7, 11) is 1.55. The third-order valence-corrected chi connectivity index (χ3v) is 7.82. The lowest BCUT2D eigenvalue weighted by Gasteiger charge is -2.03. The summed E-state index contributed by atoms with van der Waals surface area (Å²) in [6.45, 7) is 4.23. The van der Waals surface area contributed by atoms with E-state index >= 15 is 0 Å². The van der Waals surface area contributed by atoms with Crippen LogP contribution in [0.15, 0.2) is 30.3 Å². The normalized spacial score (nSPS) is 11.5. The number of nitrogens with one attached hydrogen (secondary N) is 1. The molecule has 2 aromatic carbocycles. The van der Waals surface area contributed by atoms with Crippen molar-refractivity contribution < 1.29 is 9.53 Å². The van der Waals surface area contributed by atoms with Crippen LogP contribution in [0, 0.1) is 0 Å². The molecule has 0 aliphatic carbocycles. The Morgan fingerprint density at radius 2 is 1.93 bits per heavy atom. The monoisotopic (exact) mass is 450 g/mol. The number of hydrogen-bond acceptors (Lipinski definition) is 5. The van der Waals surface area contributed by atoms with Crippen molar-refractivity contribution in [2.24, 2.45) is 0 Å². The smallest absolute Gasteiger partial charge is 0.267 e. The Bertz CT molecular complexity index is 1210. The molecule has 0 saturated carbocycles. The topological polar surface area (TPSA) is 51.2 Å². The number of amides is 1. The number of fused-ring (bicyclic) bond motifs is 2. The molecule has 0 aliphatic rings. The molecule has 0 fully saturated rings. The first-order valence-electron chi connectivity index (χ1n) is 8.55. The van der Waals surface area contributed by atoms with Gasteiger partial charge in [0, 0.05) is 17.0 Å². The third kappa shape index (κ3) is 3.35. The summed E-state index contributed by atoms with van der Waals surface area (Å²) < 4.78 is 7.01. The van der Waals surface area contributed by atoms with Crippen molar-refractivity contribution in [1.82, 2.24) is 4.98 Å². The van der Waals surface area contributed by atoms with Crippen LogP contribution in [0.5, 0.6) is 5.75 Å². The maximum atomic E-state index is 12.8. The Morgan fingerprint density at radius 3 is 2.64 bits per heavy atom. The average molecular weight is 451 g/mol. The molecule has 4 nitrogen and oxygen atoms in total. The predicted molar refractivity (Wildman–Crippen MR) is 120 cm³/mol. The number of nitrogens with zero attached hydrogens (tertiary/aromatic N) is 1. The van der Waals surface area contributed by atoms with Gasteiger partial charge in [-0.3, -0.25) is 4.79 Å². The lowest BCUT2D eigenvalue weighted by molar-refractivity contribution is 0.103. The number of ether oxygens (including phenoxy) is 1. The van der Waals surface area contributed by atoms with Crippen molar-refractivity contribution in [3.8, 4) is 5.75 Å². The fraction of sp³-hybridized carbons (Fsp3) is 0.200. The SMILES string of the molecule is COc1ccc2c(Cl)c(C(=O)Nc3ccc4nc(C(C)C)sc4c3)sc2c1Cl. The average Bonchev–Trinajstić information content (AvgIpc) is 3.24. The molecule has 0 spiro atoms. The van der Waals surface area contributed by atoms with Gasteiger partial charge in [-0.1, -0.05) is 37.0 Å². The van der Waals surface area contributed by atoms with E-state index in [0.717, 1.165) is 25.3 Å². The van der Waals surface area contributed by atoms with E-state index in [1.807, 2.05) is 24.3 Å². The number of carbonyl (C=O) groups excluding carboxylic acids is 1. The summed E-state index contributed by atoms with van der Waals surface area (Å²) in [6, 6.07) is 9.26. The van der Waals surface area contributed by atoms with E-state index in [9.17, 15) is 4.79 Å². The molecule has 4 aromatic rings. The van der Waals surface area contributed by atoms with Gasteiger partial charge in [0.05, 0.1) is 32.1 Å². The zero-order valence-electron chi connectivity index (χ0n) is 15.3. The molecule has 1 amide bonds. The molecule has 0 unspecified atom stereocenters. The number of rotatable bonds is 4. The van der Waals surface area contributed by atoms with E-state index in [0.29, 0.717) is 32.3 Å². The van der Waals surface area contributed by atoms with Gasteiger partial charge in [0.15, 0.2) is 0 Å². The molecule has 28 heavy (non-hydrogen) atoms. The highest BCUT2D eigenvalue weighted by molar-refractivity contribution is 7.22. The van der Waals surface area contributed by atoms with Crippen LogP contribution in [0.25, 0.3) is 20.3 Å². The quantitative estimate of drug-likeness (QED) is 0.357. The molecule has 8 heteroatoms. The van der Waals surface area contributed by atoms with Crippen LogP contribution in [-0.4, -0.2) is 18.0 Å². The van der Waals surface area contributed by atoms with E-state index < -0.39 is 0 Å². The molecule has 0 atom stereocenters. The van der Waals surface area contributed by atoms with E-state index in [2.05, 4.69) is 24.1 Å². The lowest BCUT2D eigenvalue weighted by Crippen LogP contribution is -2.10. The number of hydrogen-bond donors (Lipinski definition) is 1. The molecule has 144 valence electrons. The number of carbonyl (C=O) groups is 1. The Labute approximate surface area is 180 Å². The van der Waals surface area contributed by atoms with Crippen molar-refractivity contribution >= 4 is 77.8 Å². The van der Waals surface area contributed by atoms with Crippen LogP contribution >= 0.6 is 45.9 Å². The highest BCUT2D eigenvalue weighted by atomic mass is 35.5. The number of anilines is 1. The fourth-order valence-corrected chi connectivity index (χ4v) is 5.64. The second-order valence-corrected chi connectivity index (χ2v) is 9.39. The van der Waals surface area contributed by atoms with Gasteiger partial charge < -0.3 is 10.1 Å². The van der Waals surface area contributed by atoms with Gasteiger partial charge >= 0.3 is 0 Å². The van der Waals surface area contributed by atoms with Crippen molar-refractivity contribution in [3.63, 3.8) is 0 Å². The Morgan fingerprint density at radius 1 is 1.14 bits per heavy atom. The van der Waals surface area contributed by atoms with Crippen molar-refractivity contribution in [2.75, 3.05) is 12.4 Å². The molecular weight excluding hydrogens is 435 g/mol. The fourth-order valence-electron chi connectivity index (χ4n) is 2.84. The van der Waals surface area contributed by atoms with Crippen molar-refractivity contribution in [3.05, 3.63) is 50.3 Å². The van der Waals surface area contributed by atoms with Crippen LogP contribution in [-0.2, 0) is 0 Å². The Kier molecular flexibility index (Phi) is 5.22. The molecule has 0 saturated heterocycles. The molecule has 2 heterocycles. The first-order valence-corrected chi connectivity index (χ1v) is 10.9. The summed E-state index contributed by atoms with van der Waals surface area (Å²) >= 11 is 15.7. The first-order chi connectivity index (χ1) is 13.4. The summed E-state index contributed by atoms with van der Waals surface area (Å²) in [4.78, 5) is 17.9. The van der Waals surface area contributed by atoms with Crippen LogP contribution in [0.1, 0.15) is 34.4 Å². The number of halogens is 2. The molecule has 4 rings (SSSR count). The van der Waals surface area contributed by atoms with Crippen molar-refractivity contribution in [1.29, 1.82) is 0 Å². The molecule has 0 aliphatic heterocycles. The summed E-state index contributed by atoms with van der Waals surface area (Å²) in [6.07, 6.45) is 0. The maximum Gasteiger partial charge on any atom is 0.267 e. The van der Waals surface area contributed by atoms with Crippen molar-refractivity contribution in [2.45, 2.75) is 19.8 Å². The molecule has 2 aromatic heterocycles. The van der Waals surface area contributed by atoms with Gasteiger partial charge in [-0.25, -0.2) is 4.98 Å². The van der Waals surface area contributed by atoms with Crippen LogP contribution < -0.4 is 10.1 Å². The third-order valence-electron chi connectivity index (χ3n) is 4.28. The van der Waals surface area contributed by atoms with Crippen LogP contribution in [0.4, 0.5) is 5.69 Å². The number of thiophene rings is 1. The largest absolute Gasteiger partial charge is 0.495 e. The first kappa shape index (κ1) is 19.5. The zero-order chi connectivity index (χ0) is 20.0. The number of methoxy groups -OCH3 is 1. The van der Waals surface area contributed by atoms with Crippen LogP contribution in [0.3, 0.4) is 0 Å². The molecule has 0 bridgehead atoms.